The highest BCUT2D eigenvalue weighted by atomic mass is 19.1. The first-order valence-corrected chi connectivity index (χ1v) is 11.6. The third-order valence-electron chi connectivity index (χ3n) is 7.30. The Kier molecular flexibility index (Phi) is 7.97. The minimum atomic E-state index is -0.0257. The molecule has 1 atom stereocenters. The fourth-order valence-electron chi connectivity index (χ4n) is 5.34. The molecule has 1 aromatic rings. The van der Waals surface area contributed by atoms with E-state index < -0.39 is 0 Å². The first-order chi connectivity index (χ1) is 13.2. The number of hydrogen-bond donors (Lipinski definition) is 0. The van der Waals surface area contributed by atoms with Crippen LogP contribution >= 0.6 is 0 Å². The fourth-order valence-corrected chi connectivity index (χ4v) is 5.34. The smallest absolute Gasteiger partial charge is 0.126 e. The Balaban J connectivity index is 1.42. The van der Waals surface area contributed by atoms with Gasteiger partial charge in [-0.1, -0.05) is 69.7 Å². The lowest BCUT2D eigenvalue weighted by Gasteiger charge is -2.35. The summed E-state index contributed by atoms with van der Waals surface area (Å²) in [5.74, 6) is 2.91. The van der Waals surface area contributed by atoms with Crippen LogP contribution in [0.3, 0.4) is 0 Å². The maximum atomic E-state index is 14.0. The molecule has 1 unspecified atom stereocenters. The van der Waals surface area contributed by atoms with Crippen molar-refractivity contribution >= 4 is 0 Å². The Labute approximate surface area is 166 Å². The fraction of sp³-hybridized carbons (Fsp3) is 0.692. The largest absolute Gasteiger partial charge is 0.207 e. The molecule has 0 amide bonds. The zero-order valence-corrected chi connectivity index (χ0v) is 17.6. The van der Waals surface area contributed by atoms with E-state index in [1.807, 2.05) is 13.0 Å². The molecule has 0 spiro atoms. The number of rotatable bonds is 8. The van der Waals surface area contributed by atoms with Gasteiger partial charge in [-0.15, -0.1) is 0 Å². The summed E-state index contributed by atoms with van der Waals surface area (Å²) in [6, 6.07) is 5.83. The van der Waals surface area contributed by atoms with Crippen molar-refractivity contribution in [1.82, 2.24) is 0 Å². The molecule has 150 valence electrons. The van der Waals surface area contributed by atoms with Gasteiger partial charge in [0, 0.05) is 0 Å². The molecule has 0 nitrogen and oxygen atoms in total. The minimum Gasteiger partial charge on any atom is -0.207 e. The highest BCUT2D eigenvalue weighted by Gasteiger charge is 2.28. The summed E-state index contributed by atoms with van der Waals surface area (Å²) in [6.07, 6.45) is 19.5. The van der Waals surface area contributed by atoms with E-state index in [0.29, 0.717) is 0 Å². The van der Waals surface area contributed by atoms with Crippen molar-refractivity contribution in [2.45, 2.75) is 97.3 Å². The number of aryl methyl sites for hydroxylation is 2. The van der Waals surface area contributed by atoms with Crippen LogP contribution < -0.4 is 0 Å². The number of benzene rings is 1. The topological polar surface area (TPSA) is 0 Å². The molecule has 0 bridgehead atoms. The molecule has 2 aliphatic rings. The average molecular weight is 371 g/mol. The summed E-state index contributed by atoms with van der Waals surface area (Å²) < 4.78 is 14.0. The molecule has 1 fully saturated rings. The zero-order chi connectivity index (χ0) is 19.1. The van der Waals surface area contributed by atoms with Gasteiger partial charge in [-0.3, -0.25) is 0 Å². The van der Waals surface area contributed by atoms with E-state index in [4.69, 9.17) is 0 Å². The van der Waals surface area contributed by atoms with E-state index in [9.17, 15) is 4.39 Å². The predicted molar refractivity (Wildman–Crippen MR) is 114 cm³/mol. The van der Waals surface area contributed by atoms with Crippen LogP contribution in [-0.2, 0) is 12.8 Å². The van der Waals surface area contributed by atoms with Crippen LogP contribution in [0.15, 0.2) is 29.8 Å². The van der Waals surface area contributed by atoms with Crippen molar-refractivity contribution in [3.05, 3.63) is 46.8 Å². The van der Waals surface area contributed by atoms with Crippen LogP contribution in [0, 0.1) is 23.6 Å². The molecule has 3 rings (SSSR count). The Bertz CT molecular complexity index is 607. The van der Waals surface area contributed by atoms with E-state index in [2.05, 4.69) is 19.1 Å². The third kappa shape index (κ3) is 5.93. The first kappa shape index (κ1) is 20.6. The third-order valence-corrected chi connectivity index (χ3v) is 7.30. The molecule has 0 radical (unpaired) electrons. The highest BCUT2D eigenvalue weighted by Crippen LogP contribution is 2.41. The lowest BCUT2D eigenvalue weighted by atomic mass is 9.70. The van der Waals surface area contributed by atoms with Crippen molar-refractivity contribution in [2.24, 2.45) is 17.8 Å². The number of halogens is 1. The quantitative estimate of drug-likeness (QED) is 0.406. The molecular weight excluding hydrogens is 331 g/mol. The number of unbranched alkanes of at least 4 members (excludes halogenated alkanes) is 1. The van der Waals surface area contributed by atoms with Crippen molar-refractivity contribution in [1.29, 1.82) is 0 Å². The zero-order valence-electron chi connectivity index (χ0n) is 17.6. The van der Waals surface area contributed by atoms with E-state index in [1.165, 1.54) is 64.2 Å². The predicted octanol–water partition coefficient (Wildman–Crippen LogP) is 8.04. The average Bonchev–Trinajstić information content (AvgIpc) is 2.71. The molecule has 1 heteroatoms. The molecule has 0 N–H and O–H groups in total. The van der Waals surface area contributed by atoms with Gasteiger partial charge in [0.1, 0.15) is 5.82 Å². The number of hydrogen-bond acceptors (Lipinski definition) is 0. The molecule has 2 aliphatic carbocycles. The van der Waals surface area contributed by atoms with Gasteiger partial charge in [0.05, 0.1) is 0 Å². The van der Waals surface area contributed by atoms with Crippen LogP contribution in [0.25, 0.3) is 0 Å². The van der Waals surface area contributed by atoms with Crippen LogP contribution in [0.4, 0.5) is 4.39 Å². The second-order valence-corrected chi connectivity index (χ2v) is 9.10. The summed E-state index contributed by atoms with van der Waals surface area (Å²) >= 11 is 0. The normalized spacial score (nSPS) is 26.0. The molecular formula is C26H39F. The van der Waals surface area contributed by atoms with E-state index in [1.54, 1.807) is 11.6 Å². The summed E-state index contributed by atoms with van der Waals surface area (Å²) in [4.78, 5) is 0. The summed E-state index contributed by atoms with van der Waals surface area (Å²) in [6.45, 7) is 4.33. The van der Waals surface area contributed by atoms with Crippen LogP contribution in [-0.4, -0.2) is 0 Å². The molecule has 1 aromatic carbocycles. The SMILES string of the molecule is CCCCC1CCC(C2CC=C(CCc3ccc(CC)c(F)c3)CC2)CC1. The van der Waals surface area contributed by atoms with Gasteiger partial charge < -0.3 is 0 Å². The van der Waals surface area contributed by atoms with Gasteiger partial charge in [-0.2, -0.15) is 0 Å². The lowest BCUT2D eigenvalue weighted by Crippen LogP contribution is -2.23. The monoisotopic (exact) mass is 370 g/mol. The first-order valence-electron chi connectivity index (χ1n) is 11.6. The van der Waals surface area contributed by atoms with Crippen molar-refractivity contribution < 1.29 is 4.39 Å². The van der Waals surface area contributed by atoms with Gasteiger partial charge in [0.25, 0.3) is 0 Å². The number of allylic oxidation sites excluding steroid dienone is 2. The molecule has 0 heterocycles. The van der Waals surface area contributed by atoms with Crippen molar-refractivity contribution in [3.8, 4) is 0 Å². The van der Waals surface area contributed by atoms with Crippen molar-refractivity contribution in [3.63, 3.8) is 0 Å². The van der Waals surface area contributed by atoms with Gasteiger partial charge in [0.15, 0.2) is 0 Å². The Morgan fingerprint density at radius 1 is 0.963 bits per heavy atom. The minimum absolute atomic E-state index is 0.0257. The molecule has 0 aliphatic heterocycles. The molecule has 0 aromatic heterocycles. The second kappa shape index (κ2) is 10.4. The van der Waals surface area contributed by atoms with E-state index in [-0.39, 0.29) is 5.82 Å². The maximum absolute atomic E-state index is 14.0. The van der Waals surface area contributed by atoms with E-state index >= 15 is 0 Å². The molecule has 27 heavy (non-hydrogen) atoms. The summed E-state index contributed by atoms with van der Waals surface area (Å²) in [5, 5.41) is 0. The van der Waals surface area contributed by atoms with E-state index in [0.717, 1.165) is 48.1 Å². The van der Waals surface area contributed by atoms with Crippen LogP contribution in [0.2, 0.25) is 0 Å². The van der Waals surface area contributed by atoms with Crippen LogP contribution in [0.1, 0.15) is 95.6 Å². The van der Waals surface area contributed by atoms with Crippen LogP contribution in [0.5, 0.6) is 0 Å². The lowest BCUT2D eigenvalue weighted by molar-refractivity contribution is 0.185. The maximum Gasteiger partial charge on any atom is 0.126 e. The van der Waals surface area contributed by atoms with Gasteiger partial charge >= 0.3 is 0 Å². The molecule has 1 saturated carbocycles. The van der Waals surface area contributed by atoms with Gasteiger partial charge in [-0.25, -0.2) is 4.39 Å². The Morgan fingerprint density at radius 2 is 1.78 bits per heavy atom. The Morgan fingerprint density at radius 3 is 2.41 bits per heavy atom. The summed E-state index contributed by atoms with van der Waals surface area (Å²) in [7, 11) is 0. The highest BCUT2D eigenvalue weighted by molar-refractivity contribution is 5.25. The summed E-state index contributed by atoms with van der Waals surface area (Å²) in [5.41, 5.74) is 3.60. The standard InChI is InChI=1S/C26H39F/c1-3-5-6-20-9-15-24(16-10-20)25-17-11-21(12-18-25)7-8-22-13-14-23(4-2)26(27)19-22/h11,13-14,19-20,24-25H,3-10,12,15-18H2,1-2H3. The van der Waals surface area contributed by atoms with Gasteiger partial charge in [0.2, 0.25) is 0 Å². The van der Waals surface area contributed by atoms with Crippen molar-refractivity contribution in [2.75, 3.05) is 0 Å². The Hall–Kier alpha value is -1.11. The second-order valence-electron chi connectivity index (χ2n) is 9.10. The molecule has 0 saturated heterocycles. The van der Waals surface area contributed by atoms with Gasteiger partial charge in [-0.05, 0) is 86.3 Å².